The van der Waals surface area contributed by atoms with E-state index in [1.807, 2.05) is 72.2 Å². The summed E-state index contributed by atoms with van der Waals surface area (Å²) in [5.41, 5.74) is 3.05. The number of nitrogens with one attached hydrogen (secondary N) is 1. The van der Waals surface area contributed by atoms with Crippen LogP contribution in [0.3, 0.4) is 0 Å². The van der Waals surface area contributed by atoms with Gasteiger partial charge >= 0.3 is 0 Å². The fourth-order valence-electron chi connectivity index (χ4n) is 3.40. The molecule has 0 atom stereocenters. The van der Waals surface area contributed by atoms with Gasteiger partial charge in [0.05, 0.1) is 24.8 Å². The van der Waals surface area contributed by atoms with Crippen molar-refractivity contribution in [1.29, 1.82) is 0 Å². The van der Waals surface area contributed by atoms with Crippen molar-refractivity contribution in [3.05, 3.63) is 88.6 Å². The number of aromatic nitrogens is 4. The molecule has 0 saturated carbocycles. The molecule has 1 amide bonds. The van der Waals surface area contributed by atoms with Crippen LogP contribution in [-0.4, -0.2) is 32.8 Å². The number of hydrogen-bond donors (Lipinski definition) is 1. The summed E-state index contributed by atoms with van der Waals surface area (Å²) in [6.45, 7) is 2.00. The Morgan fingerprint density at radius 1 is 1.11 bits per heavy atom. The summed E-state index contributed by atoms with van der Waals surface area (Å²) in [6.07, 6.45) is 1.60. The number of benzene rings is 2. The lowest BCUT2D eigenvalue weighted by atomic mass is 10.2. The third kappa shape index (κ3) is 4.98. The molecule has 0 aliphatic rings. The molecular weight excluding hydrogens is 482 g/mol. The first kappa shape index (κ1) is 22.9. The van der Waals surface area contributed by atoms with Gasteiger partial charge in [-0.1, -0.05) is 41.6 Å². The lowest BCUT2D eigenvalue weighted by molar-refractivity contribution is 0.102. The Morgan fingerprint density at radius 2 is 1.94 bits per heavy atom. The molecule has 0 saturated heterocycles. The van der Waals surface area contributed by atoms with Crippen molar-refractivity contribution in [2.24, 2.45) is 0 Å². The Hall–Kier alpha value is -3.89. The average molecular weight is 504 g/mol. The zero-order valence-electron chi connectivity index (χ0n) is 19.0. The summed E-state index contributed by atoms with van der Waals surface area (Å²) in [7, 11) is 1.63. The van der Waals surface area contributed by atoms with E-state index in [1.165, 1.54) is 23.1 Å². The molecule has 0 radical (unpaired) electrons. The predicted molar refractivity (Wildman–Crippen MR) is 136 cm³/mol. The Morgan fingerprint density at radius 3 is 2.71 bits per heavy atom. The molecular formula is C25H21N5O3S2. The van der Waals surface area contributed by atoms with Gasteiger partial charge in [-0.15, -0.1) is 21.5 Å². The van der Waals surface area contributed by atoms with Crippen LogP contribution in [0.1, 0.15) is 21.1 Å². The van der Waals surface area contributed by atoms with Gasteiger partial charge in [0.2, 0.25) is 5.82 Å². The predicted octanol–water partition coefficient (Wildman–Crippen LogP) is 5.85. The summed E-state index contributed by atoms with van der Waals surface area (Å²) in [4.78, 5) is 17.1. The number of nitrogens with zero attached hydrogens (tertiary/aromatic N) is 4. The number of carbonyl (C=O) groups excluding carboxylic acids is 1. The van der Waals surface area contributed by atoms with Crippen molar-refractivity contribution in [3.63, 3.8) is 0 Å². The second kappa shape index (κ2) is 10.2. The lowest BCUT2D eigenvalue weighted by Gasteiger charge is -2.12. The fraction of sp³-hybridized carbons (Fsp3) is 0.120. The van der Waals surface area contributed by atoms with Gasteiger partial charge < -0.3 is 14.5 Å². The molecule has 8 nitrogen and oxygen atoms in total. The van der Waals surface area contributed by atoms with E-state index in [9.17, 15) is 4.79 Å². The quantitative estimate of drug-likeness (QED) is 0.266. The summed E-state index contributed by atoms with van der Waals surface area (Å²) in [6, 6.07) is 19.0. The van der Waals surface area contributed by atoms with Crippen molar-refractivity contribution >= 4 is 34.7 Å². The minimum absolute atomic E-state index is 0.237. The van der Waals surface area contributed by atoms with Gasteiger partial charge in [0.1, 0.15) is 16.5 Å². The number of amides is 1. The number of aryl methyl sites for hydroxylation is 1. The van der Waals surface area contributed by atoms with Crippen molar-refractivity contribution in [3.8, 4) is 23.0 Å². The van der Waals surface area contributed by atoms with E-state index >= 15 is 0 Å². The van der Waals surface area contributed by atoms with Gasteiger partial charge in [0.15, 0.2) is 10.9 Å². The van der Waals surface area contributed by atoms with Gasteiger partial charge in [-0.05, 0) is 43.3 Å². The third-order valence-corrected chi connectivity index (χ3v) is 7.09. The average Bonchev–Trinajstić information content (AvgIpc) is 3.64. The van der Waals surface area contributed by atoms with E-state index < -0.39 is 0 Å². The molecule has 0 spiro atoms. The molecule has 0 aliphatic heterocycles. The minimum Gasteiger partial charge on any atom is -0.495 e. The van der Waals surface area contributed by atoms with Crippen molar-refractivity contribution in [2.75, 3.05) is 12.4 Å². The first-order valence-corrected chi connectivity index (χ1v) is 12.6. The van der Waals surface area contributed by atoms with Crippen molar-refractivity contribution in [1.82, 2.24) is 19.7 Å². The Bertz CT molecular complexity index is 1440. The number of para-hydroxylation sites is 2. The molecule has 0 unspecified atom stereocenters. The van der Waals surface area contributed by atoms with Crippen LogP contribution in [0.5, 0.6) is 5.75 Å². The molecule has 5 rings (SSSR count). The van der Waals surface area contributed by atoms with Crippen LogP contribution in [0.4, 0.5) is 5.69 Å². The Kier molecular flexibility index (Phi) is 6.64. The molecule has 5 aromatic rings. The van der Waals surface area contributed by atoms with E-state index in [0.717, 1.165) is 21.9 Å². The molecule has 3 heterocycles. The number of furan rings is 1. The summed E-state index contributed by atoms with van der Waals surface area (Å²) in [5.74, 6) is 2.14. The Balaban J connectivity index is 1.36. The maximum absolute atomic E-state index is 12.6. The summed E-state index contributed by atoms with van der Waals surface area (Å²) in [5, 5.41) is 14.9. The highest BCUT2D eigenvalue weighted by atomic mass is 32.2. The number of thiazole rings is 1. The number of thioether (sulfide) groups is 1. The van der Waals surface area contributed by atoms with Crippen molar-refractivity contribution < 1.29 is 13.9 Å². The first-order valence-electron chi connectivity index (χ1n) is 10.7. The topological polar surface area (TPSA) is 95.1 Å². The van der Waals surface area contributed by atoms with E-state index in [1.54, 1.807) is 18.8 Å². The molecule has 0 bridgehead atoms. The van der Waals surface area contributed by atoms with E-state index in [0.29, 0.717) is 33.9 Å². The largest absolute Gasteiger partial charge is 0.495 e. The monoisotopic (exact) mass is 503 g/mol. The van der Waals surface area contributed by atoms with Gasteiger partial charge in [0, 0.05) is 11.1 Å². The van der Waals surface area contributed by atoms with Gasteiger partial charge in [-0.3, -0.25) is 9.36 Å². The zero-order valence-corrected chi connectivity index (χ0v) is 20.6. The Labute approximate surface area is 210 Å². The molecule has 3 aromatic heterocycles. The van der Waals surface area contributed by atoms with Crippen molar-refractivity contribution in [2.45, 2.75) is 17.8 Å². The van der Waals surface area contributed by atoms with Crippen LogP contribution in [-0.2, 0) is 5.75 Å². The van der Waals surface area contributed by atoms with E-state index in [2.05, 4.69) is 20.5 Å². The molecule has 0 fully saturated rings. The highest BCUT2D eigenvalue weighted by Gasteiger charge is 2.21. The molecule has 10 heteroatoms. The van der Waals surface area contributed by atoms with Gasteiger partial charge in [-0.25, -0.2) is 4.98 Å². The number of carbonyl (C=O) groups is 1. The maximum Gasteiger partial charge on any atom is 0.275 e. The normalized spacial score (nSPS) is 10.9. The van der Waals surface area contributed by atoms with Gasteiger partial charge in [-0.2, -0.15) is 0 Å². The molecule has 2 aromatic carbocycles. The van der Waals surface area contributed by atoms with Gasteiger partial charge in [0.25, 0.3) is 5.91 Å². The number of anilines is 1. The molecule has 35 heavy (non-hydrogen) atoms. The van der Waals surface area contributed by atoms with E-state index in [4.69, 9.17) is 9.15 Å². The minimum atomic E-state index is -0.237. The number of methoxy groups -OCH3 is 1. The van der Waals surface area contributed by atoms with E-state index in [-0.39, 0.29) is 5.91 Å². The number of ether oxygens (including phenoxy) is 1. The van der Waals surface area contributed by atoms with Crippen LogP contribution in [0.2, 0.25) is 0 Å². The molecule has 1 N–H and O–H groups in total. The maximum atomic E-state index is 12.6. The second-order valence-corrected chi connectivity index (χ2v) is 9.41. The molecule has 0 aliphatic carbocycles. The highest BCUT2D eigenvalue weighted by Crippen LogP contribution is 2.34. The summed E-state index contributed by atoms with van der Waals surface area (Å²) < 4.78 is 13.1. The summed E-state index contributed by atoms with van der Waals surface area (Å²) >= 11 is 2.90. The standard InChI is InChI=1S/C25H21N5O3S2/c1-16-9-11-17(12-10-16)26-24(31)18-14-34-22(27-18)15-35-25-29-28-23(21-8-5-13-33-21)30(25)19-6-3-4-7-20(19)32-2/h3-14H,15H2,1-2H3,(H,26,31). The second-order valence-electron chi connectivity index (χ2n) is 7.53. The number of rotatable bonds is 8. The smallest absolute Gasteiger partial charge is 0.275 e. The van der Waals surface area contributed by atoms with Crippen LogP contribution in [0.25, 0.3) is 17.3 Å². The molecule has 176 valence electrons. The highest BCUT2D eigenvalue weighted by molar-refractivity contribution is 7.98. The SMILES string of the molecule is COc1ccccc1-n1c(SCc2nc(C(=O)Nc3ccc(C)cc3)cs2)nnc1-c1ccco1. The van der Waals surface area contributed by atoms with Crippen LogP contribution in [0, 0.1) is 6.92 Å². The third-order valence-electron chi connectivity index (χ3n) is 5.12. The number of hydrogen-bond acceptors (Lipinski definition) is 8. The zero-order chi connectivity index (χ0) is 24.2. The fourth-order valence-corrected chi connectivity index (χ4v) is 5.14. The van der Waals surface area contributed by atoms with Crippen LogP contribution < -0.4 is 10.1 Å². The van der Waals surface area contributed by atoms with Crippen LogP contribution in [0.15, 0.2) is 81.9 Å². The lowest BCUT2D eigenvalue weighted by Crippen LogP contribution is -2.12. The van der Waals surface area contributed by atoms with Crippen LogP contribution >= 0.6 is 23.1 Å². The first-order chi connectivity index (χ1) is 17.1.